The number of non-ortho nitro benzene ring substituents is 1. The maximum atomic E-state index is 11.8. The number of pyridine rings is 1. The molecule has 1 heterocycles. The van der Waals surface area contributed by atoms with Crippen molar-refractivity contribution >= 4 is 17.5 Å². The number of nitro benzene ring substituents is 1. The molecular weight excluding hydrogens is 292 g/mol. The summed E-state index contributed by atoms with van der Waals surface area (Å²) in [5.74, 6) is -1.23. The van der Waals surface area contributed by atoms with Gasteiger partial charge < -0.3 is 5.21 Å². The lowest BCUT2D eigenvalue weighted by Gasteiger charge is -2.07. The largest absolute Gasteiger partial charge is 0.619 e. The Kier molecular flexibility index (Phi) is 4.27. The van der Waals surface area contributed by atoms with Gasteiger partial charge in [0.05, 0.1) is 10.5 Å². The van der Waals surface area contributed by atoms with Crippen molar-refractivity contribution in [2.75, 3.05) is 0 Å². The van der Waals surface area contributed by atoms with Crippen molar-refractivity contribution in [2.24, 2.45) is 0 Å². The Bertz CT molecular complexity index is 712. The van der Waals surface area contributed by atoms with E-state index in [1.807, 2.05) is 0 Å². The molecule has 0 bridgehead atoms. The number of hydrogen-bond acceptors (Lipinski definition) is 5. The van der Waals surface area contributed by atoms with Crippen LogP contribution in [0.3, 0.4) is 0 Å². The van der Waals surface area contributed by atoms with Crippen LogP contribution < -0.4 is 15.6 Å². The maximum absolute atomic E-state index is 11.8. The van der Waals surface area contributed by atoms with E-state index in [1.54, 1.807) is 0 Å². The fraction of sp³-hybridized carbons (Fsp3) is 0. The molecule has 1 aromatic carbocycles. The van der Waals surface area contributed by atoms with Crippen LogP contribution in [-0.2, 0) is 0 Å². The van der Waals surface area contributed by atoms with Crippen LogP contribution >= 0.6 is 0 Å². The second kappa shape index (κ2) is 6.31. The minimum Gasteiger partial charge on any atom is -0.619 e. The molecule has 9 nitrogen and oxygen atoms in total. The highest BCUT2D eigenvalue weighted by molar-refractivity contribution is 5.99. The van der Waals surface area contributed by atoms with Gasteiger partial charge in [-0.1, -0.05) is 0 Å². The Hall–Kier alpha value is -3.49. The average molecular weight is 302 g/mol. The Morgan fingerprint density at radius 3 is 1.82 bits per heavy atom. The fourth-order valence-electron chi connectivity index (χ4n) is 1.56. The predicted molar refractivity (Wildman–Crippen MR) is 73.4 cm³/mol. The van der Waals surface area contributed by atoms with Crippen molar-refractivity contribution in [3.8, 4) is 0 Å². The Morgan fingerprint density at radius 2 is 1.36 bits per heavy atom. The number of nitrogens with zero attached hydrogens (tertiary/aromatic N) is 2. The SMILES string of the molecule is O=C(NNC(=O)c1cc[n+]([O-])cc1)c1ccc([N+](=O)[O-])cc1. The summed E-state index contributed by atoms with van der Waals surface area (Å²) < 4.78 is 0.520. The maximum Gasteiger partial charge on any atom is 0.270 e. The molecule has 2 aromatic rings. The molecule has 0 atom stereocenters. The number of rotatable bonds is 3. The zero-order chi connectivity index (χ0) is 16.1. The summed E-state index contributed by atoms with van der Waals surface area (Å²) in [6.07, 6.45) is 2.29. The third-order valence-electron chi connectivity index (χ3n) is 2.69. The molecule has 2 rings (SSSR count). The average Bonchev–Trinajstić information content (AvgIpc) is 2.53. The van der Waals surface area contributed by atoms with E-state index >= 15 is 0 Å². The number of aromatic nitrogens is 1. The molecule has 0 saturated heterocycles. The van der Waals surface area contributed by atoms with E-state index in [-0.39, 0.29) is 16.8 Å². The molecule has 0 radical (unpaired) electrons. The topological polar surface area (TPSA) is 128 Å². The molecule has 9 heteroatoms. The summed E-state index contributed by atoms with van der Waals surface area (Å²) in [5.41, 5.74) is 4.54. The lowest BCUT2D eigenvalue weighted by atomic mass is 10.2. The van der Waals surface area contributed by atoms with Crippen LogP contribution in [0.5, 0.6) is 0 Å². The molecule has 0 unspecified atom stereocenters. The predicted octanol–water partition coefficient (Wildman–Crippen LogP) is 0.303. The molecule has 0 aliphatic heterocycles. The lowest BCUT2D eigenvalue weighted by Crippen LogP contribution is -2.41. The minimum absolute atomic E-state index is 0.143. The molecular formula is C13H10N4O5. The van der Waals surface area contributed by atoms with E-state index < -0.39 is 16.7 Å². The van der Waals surface area contributed by atoms with Crippen LogP contribution in [-0.4, -0.2) is 16.7 Å². The van der Waals surface area contributed by atoms with Crippen molar-refractivity contribution in [2.45, 2.75) is 0 Å². The highest BCUT2D eigenvalue weighted by Gasteiger charge is 2.11. The molecule has 0 aliphatic rings. The number of nitrogens with one attached hydrogen (secondary N) is 2. The Balaban J connectivity index is 1.96. The van der Waals surface area contributed by atoms with Crippen LogP contribution in [0.1, 0.15) is 20.7 Å². The monoisotopic (exact) mass is 302 g/mol. The van der Waals surface area contributed by atoms with E-state index in [9.17, 15) is 24.9 Å². The number of carbonyl (C=O) groups excluding carboxylic acids is 2. The quantitative estimate of drug-likeness (QED) is 0.365. The van der Waals surface area contributed by atoms with E-state index in [1.165, 1.54) is 36.4 Å². The first-order valence-corrected chi connectivity index (χ1v) is 6.01. The zero-order valence-corrected chi connectivity index (χ0v) is 11.1. The van der Waals surface area contributed by atoms with Gasteiger partial charge >= 0.3 is 0 Å². The van der Waals surface area contributed by atoms with E-state index in [2.05, 4.69) is 10.9 Å². The van der Waals surface area contributed by atoms with Crippen LogP contribution in [0.4, 0.5) is 5.69 Å². The number of amides is 2. The second-order valence-electron chi connectivity index (χ2n) is 4.16. The van der Waals surface area contributed by atoms with Gasteiger partial charge in [0.25, 0.3) is 17.5 Å². The summed E-state index contributed by atoms with van der Waals surface area (Å²) in [5, 5.41) is 21.3. The third kappa shape index (κ3) is 3.54. The van der Waals surface area contributed by atoms with Crippen LogP contribution in [0.15, 0.2) is 48.8 Å². The van der Waals surface area contributed by atoms with Crippen LogP contribution in [0, 0.1) is 15.3 Å². The fourth-order valence-corrected chi connectivity index (χ4v) is 1.56. The molecule has 112 valence electrons. The van der Waals surface area contributed by atoms with Gasteiger partial charge in [0, 0.05) is 29.8 Å². The summed E-state index contributed by atoms with van der Waals surface area (Å²) in [6.45, 7) is 0. The van der Waals surface area contributed by atoms with Gasteiger partial charge in [-0.25, -0.2) is 0 Å². The summed E-state index contributed by atoms with van der Waals surface area (Å²) >= 11 is 0. The number of nitro groups is 1. The van der Waals surface area contributed by atoms with Gasteiger partial charge in [-0.15, -0.1) is 0 Å². The number of carbonyl (C=O) groups is 2. The first-order chi connectivity index (χ1) is 10.5. The van der Waals surface area contributed by atoms with Gasteiger partial charge in [-0.3, -0.25) is 30.6 Å². The van der Waals surface area contributed by atoms with Crippen molar-refractivity contribution < 1.29 is 19.2 Å². The molecule has 22 heavy (non-hydrogen) atoms. The Labute approximate surface area is 123 Å². The summed E-state index contributed by atoms with van der Waals surface area (Å²) in [6, 6.07) is 7.48. The molecule has 0 aliphatic carbocycles. The van der Waals surface area contributed by atoms with Crippen LogP contribution in [0.2, 0.25) is 0 Å². The first-order valence-electron chi connectivity index (χ1n) is 6.01. The van der Waals surface area contributed by atoms with E-state index in [4.69, 9.17) is 0 Å². The van der Waals surface area contributed by atoms with Crippen molar-refractivity contribution in [3.63, 3.8) is 0 Å². The first kappa shape index (κ1) is 14.9. The van der Waals surface area contributed by atoms with E-state index in [0.29, 0.717) is 4.73 Å². The molecule has 0 spiro atoms. The highest BCUT2D eigenvalue weighted by atomic mass is 16.6. The summed E-state index contributed by atoms with van der Waals surface area (Å²) in [4.78, 5) is 33.4. The molecule has 0 fully saturated rings. The third-order valence-corrected chi connectivity index (χ3v) is 2.69. The molecule has 1 aromatic heterocycles. The van der Waals surface area contributed by atoms with Crippen molar-refractivity contribution in [1.82, 2.24) is 10.9 Å². The number of hydrogen-bond donors (Lipinski definition) is 2. The zero-order valence-electron chi connectivity index (χ0n) is 11.1. The number of benzene rings is 1. The van der Waals surface area contributed by atoms with Gasteiger partial charge in [0.2, 0.25) is 0 Å². The van der Waals surface area contributed by atoms with Crippen molar-refractivity contribution in [1.29, 1.82) is 0 Å². The summed E-state index contributed by atoms with van der Waals surface area (Å²) in [7, 11) is 0. The Morgan fingerprint density at radius 1 is 0.909 bits per heavy atom. The molecule has 2 amide bonds. The van der Waals surface area contributed by atoms with Crippen molar-refractivity contribution in [3.05, 3.63) is 75.2 Å². The number of hydrazine groups is 1. The normalized spacial score (nSPS) is 9.82. The molecule has 0 saturated carbocycles. The van der Waals surface area contributed by atoms with Gasteiger partial charge in [0.1, 0.15) is 0 Å². The van der Waals surface area contributed by atoms with Gasteiger partial charge in [-0.2, -0.15) is 4.73 Å². The van der Waals surface area contributed by atoms with Gasteiger partial charge in [0.15, 0.2) is 12.4 Å². The molecule has 2 N–H and O–H groups in total. The second-order valence-corrected chi connectivity index (χ2v) is 4.16. The van der Waals surface area contributed by atoms with E-state index in [0.717, 1.165) is 12.4 Å². The minimum atomic E-state index is -0.627. The smallest absolute Gasteiger partial charge is 0.270 e. The lowest BCUT2D eigenvalue weighted by molar-refractivity contribution is -0.605. The van der Waals surface area contributed by atoms with Crippen LogP contribution in [0.25, 0.3) is 0 Å². The highest BCUT2D eigenvalue weighted by Crippen LogP contribution is 2.11. The van der Waals surface area contributed by atoms with Gasteiger partial charge in [-0.05, 0) is 12.1 Å². The standard InChI is InChI=1S/C13H10N4O5/c18-12(9-1-3-11(4-2-9)17(21)22)14-15-13(19)10-5-7-16(20)8-6-10/h1-8H,(H,14,18)(H,15,19).